The highest BCUT2D eigenvalue weighted by molar-refractivity contribution is 7.81. The van der Waals surface area contributed by atoms with Crippen molar-refractivity contribution in [2.24, 2.45) is 5.73 Å². The van der Waals surface area contributed by atoms with E-state index in [1.165, 1.54) is 64.2 Å². The number of rotatable bonds is 4. The fourth-order valence-corrected chi connectivity index (χ4v) is 3.28. The molecule has 2 aliphatic rings. The van der Waals surface area contributed by atoms with E-state index in [2.05, 4.69) is 17.9 Å². The first-order valence-electron chi connectivity index (χ1n) is 8.77. The second-order valence-electron chi connectivity index (χ2n) is 7.31. The van der Waals surface area contributed by atoms with Crippen molar-refractivity contribution in [3.63, 3.8) is 0 Å². The average Bonchev–Trinajstić information content (AvgIpc) is 2.48. The van der Waals surface area contributed by atoms with Crippen LogP contribution in [0, 0.1) is 0 Å². The van der Waals surface area contributed by atoms with Gasteiger partial charge in [0.25, 0.3) is 0 Å². The van der Waals surface area contributed by atoms with Gasteiger partial charge < -0.3 is 16.2 Å². The van der Waals surface area contributed by atoms with Crippen LogP contribution >= 0.6 is 12.6 Å². The lowest BCUT2D eigenvalue weighted by Gasteiger charge is -2.30. The molecule has 4 nitrogen and oxygen atoms in total. The third kappa shape index (κ3) is 7.84. The lowest BCUT2D eigenvalue weighted by molar-refractivity contribution is -0.139. The van der Waals surface area contributed by atoms with Crippen LogP contribution in [0.15, 0.2) is 0 Å². The molecule has 2 saturated carbocycles. The van der Waals surface area contributed by atoms with Crippen molar-refractivity contribution >= 4 is 18.6 Å². The Morgan fingerprint density at radius 3 is 1.64 bits per heavy atom. The van der Waals surface area contributed by atoms with Crippen LogP contribution in [0.25, 0.3) is 0 Å². The molecule has 0 radical (unpaired) electrons. The van der Waals surface area contributed by atoms with Gasteiger partial charge in [-0.15, -0.1) is 0 Å². The molecule has 0 amide bonds. The Morgan fingerprint density at radius 1 is 1.05 bits per heavy atom. The molecule has 2 rings (SSSR count). The molecule has 2 fully saturated rings. The highest BCUT2D eigenvalue weighted by Crippen LogP contribution is 2.22. The maximum absolute atomic E-state index is 10.2. The van der Waals surface area contributed by atoms with E-state index in [-0.39, 0.29) is 0 Å². The lowest BCUT2D eigenvalue weighted by atomic mass is 9.91. The van der Waals surface area contributed by atoms with Crippen LogP contribution in [0.2, 0.25) is 0 Å². The molecule has 130 valence electrons. The number of thiol groups is 1. The largest absolute Gasteiger partial charge is 0.480 e. The van der Waals surface area contributed by atoms with Gasteiger partial charge >= 0.3 is 5.97 Å². The highest BCUT2D eigenvalue weighted by Gasteiger charge is 2.27. The molecule has 0 spiro atoms. The molecule has 1 atom stereocenters. The summed E-state index contributed by atoms with van der Waals surface area (Å²) in [5.74, 6) is -1.02. The molecule has 5 heteroatoms. The van der Waals surface area contributed by atoms with Crippen molar-refractivity contribution in [3.8, 4) is 0 Å². The predicted molar refractivity (Wildman–Crippen MR) is 95.6 cm³/mol. The Morgan fingerprint density at radius 2 is 1.41 bits per heavy atom. The molecule has 2 aliphatic carbocycles. The van der Waals surface area contributed by atoms with E-state index in [0.717, 1.165) is 12.1 Å². The van der Waals surface area contributed by atoms with Gasteiger partial charge in [-0.3, -0.25) is 4.79 Å². The van der Waals surface area contributed by atoms with Crippen molar-refractivity contribution in [3.05, 3.63) is 0 Å². The third-order valence-electron chi connectivity index (χ3n) is 4.71. The van der Waals surface area contributed by atoms with E-state index in [1.54, 1.807) is 13.8 Å². The summed E-state index contributed by atoms with van der Waals surface area (Å²) in [6, 6.07) is 0.842. The van der Waals surface area contributed by atoms with Gasteiger partial charge in [0.05, 0.1) is 0 Å². The molecule has 0 aromatic carbocycles. The van der Waals surface area contributed by atoms with Gasteiger partial charge in [-0.05, 0) is 39.5 Å². The van der Waals surface area contributed by atoms with E-state index in [0.29, 0.717) is 0 Å². The minimum atomic E-state index is -1.02. The maximum atomic E-state index is 10.2. The van der Waals surface area contributed by atoms with Crippen LogP contribution in [0.5, 0.6) is 0 Å². The summed E-state index contributed by atoms with van der Waals surface area (Å²) in [6.07, 6.45) is 14.6. The zero-order valence-corrected chi connectivity index (χ0v) is 15.1. The Kier molecular flexibility index (Phi) is 8.80. The zero-order valence-electron chi connectivity index (χ0n) is 14.2. The standard InChI is InChI=1S/C12H23N.C5H11NO2S/c1-3-7-11(8-4-1)13-12-9-5-2-6-10-12;1-5(2,9)3(6)4(7)8/h11-13H,1-10H2;3,9H,6H2,1-2H3,(H,7,8)/t;3-/m.1/s1. The molecule has 4 N–H and O–H groups in total. The van der Waals surface area contributed by atoms with Crippen molar-refractivity contribution in [1.29, 1.82) is 0 Å². The van der Waals surface area contributed by atoms with E-state index in [4.69, 9.17) is 10.8 Å². The predicted octanol–water partition coefficient (Wildman–Crippen LogP) is 3.35. The van der Waals surface area contributed by atoms with Gasteiger partial charge in [0.2, 0.25) is 0 Å². The van der Waals surface area contributed by atoms with E-state index < -0.39 is 16.8 Å². The highest BCUT2D eigenvalue weighted by atomic mass is 32.1. The Balaban J connectivity index is 0.000000239. The first-order chi connectivity index (χ1) is 10.3. The molecule has 0 heterocycles. The summed E-state index contributed by atoms with van der Waals surface area (Å²) in [4.78, 5) is 10.2. The van der Waals surface area contributed by atoms with E-state index in [1.807, 2.05) is 0 Å². The first-order valence-corrected chi connectivity index (χ1v) is 9.22. The minimum Gasteiger partial charge on any atom is -0.480 e. The summed E-state index contributed by atoms with van der Waals surface area (Å²) in [5.41, 5.74) is 5.22. The Labute approximate surface area is 141 Å². The molecule has 0 saturated heterocycles. The second kappa shape index (κ2) is 9.78. The van der Waals surface area contributed by atoms with E-state index >= 15 is 0 Å². The Bertz CT molecular complexity index is 303. The topological polar surface area (TPSA) is 75.3 Å². The summed E-state index contributed by atoms with van der Waals surface area (Å²) >= 11 is 3.98. The van der Waals surface area contributed by atoms with Crippen molar-refractivity contribution in [2.75, 3.05) is 0 Å². The van der Waals surface area contributed by atoms with Crippen LogP contribution in [0.1, 0.15) is 78.1 Å². The zero-order chi connectivity index (χ0) is 16.6. The summed E-state index contributed by atoms with van der Waals surface area (Å²) in [5, 5.41) is 12.2. The minimum absolute atomic E-state index is 0.647. The van der Waals surface area contributed by atoms with Crippen molar-refractivity contribution in [2.45, 2.75) is 101 Å². The molecule has 0 bridgehead atoms. The SMILES string of the molecule is C1CCC(NC2CCCCC2)CC1.CC(C)(S)[C@H](N)C(=O)O. The van der Waals surface area contributed by atoms with Crippen LogP contribution in [-0.4, -0.2) is 33.9 Å². The molecular formula is C17H34N2O2S. The van der Waals surface area contributed by atoms with Crippen LogP contribution < -0.4 is 11.1 Å². The number of nitrogens with one attached hydrogen (secondary N) is 1. The number of nitrogens with two attached hydrogens (primary N) is 1. The van der Waals surface area contributed by atoms with Gasteiger partial charge in [0.15, 0.2) is 0 Å². The number of hydrogen-bond acceptors (Lipinski definition) is 4. The number of aliphatic carboxylic acids is 1. The summed E-state index contributed by atoms with van der Waals surface area (Å²) < 4.78 is -0.647. The fourth-order valence-electron chi connectivity index (χ4n) is 3.17. The quantitative estimate of drug-likeness (QED) is 0.596. The van der Waals surface area contributed by atoms with E-state index in [9.17, 15) is 4.79 Å². The van der Waals surface area contributed by atoms with Gasteiger partial charge in [0, 0.05) is 16.8 Å². The number of carboxylic acids is 1. The second-order valence-corrected chi connectivity index (χ2v) is 8.46. The fraction of sp³-hybridized carbons (Fsp3) is 0.941. The van der Waals surface area contributed by atoms with Crippen molar-refractivity contribution in [1.82, 2.24) is 5.32 Å². The van der Waals surface area contributed by atoms with Gasteiger partial charge in [-0.25, -0.2) is 0 Å². The third-order valence-corrected chi connectivity index (χ3v) is 4.99. The summed E-state index contributed by atoms with van der Waals surface area (Å²) in [6.45, 7) is 3.32. The molecule has 0 aromatic rings. The molecule has 0 aliphatic heterocycles. The van der Waals surface area contributed by atoms with Gasteiger partial charge in [-0.2, -0.15) is 12.6 Å². The lowest BCUT2D eigenvalue weighted by Crippen LogP contribution is -2.45. The van der Waals surface area contributed by atoms with Crippen LogP contribution in [0.3, 0.4) is 0 Å². The molecule has 0 unspecified atom stereocenters. The molecule has 0 aromatic heterocycles. The smallest absolute Gasteiger partial charge is 0.321 e. The van der Waals surface area contributed by atoms with Gasteiger partial charge in [0.1, 0.15) is 6.04 Å². The molecular weight excluding hydrogens is 296 g/mol. The van der Waals surface area contributed by atoms with Gasteiger partial charge in [-0.1, -0.05) is 38.5 Å². The normalized spacial score (nSPS) is 22.5. The monoisotopic (exact) mass is 330 g/mol. The summed E-state index contributed by atoms with van der Waals surface area (Å²) in [7, 11) is 0. The maximum Gasteiger partial charge on any atom is 0.321 e. The number of carboxylic acid groups (broad SMARTS) is 1. The van der Waals surface area contributed by atoms with Crippen molar-refractivity contribution < 1.29 is 9.90 Å². The first kappa shape index (κ1) is 19.8. The molecule has 22 heavy (non-hydrogen) atoms. The van der Waals surface area contributed by atoms with Crippen LogP contribution in [-0.2, 0) is 4.79 Å². The number of carbonyl (C=O) groups is 1. The Hall–Kier alpha value is -0.260. The average molecular weight is 331 g/mol. The number of hydrogen-bond donors (Lipinski definition) is 4. The van der Waals surface area contributed by atoms with Crippen LogP contribution in [0.4, 0.5) is 0 Å².